The van der Waals surface area contributed by atoms with Gasteiger partial charge in [-0.1, -0.05) is 30.3 Å². The molecule has 1 atom stereocenters. The Morgan fingerprint density at radius 3 is 2.43 bits per heavy atom. The lowest BCUT2D eigenvalue weighted by Gasteiger charge is -2.27. The molecule has 0 saturated heterocycles. The van der Waals surface area contributed by atoms with Gasteiger partial charge in [0.25, 0.3) is 0 Å². The summed E-state index contributed by atoms with van der Waals surface area (Å²) in [6.45, 7) is 0. The number of methoxy groups -OCH3 is 2. The Hall–Kier alpha value is -1.60. The van der Waals surface area contributed by atoms with Crippen LogP contribution < -0.4 is 10.5 Å². The maximum Gasteiger partial charge on any atom is 0.326 e. The number of nitrogens with two attached hydrogens (primary N) is 1. The number of hydrogen-bond donors (Lipinski definition) is 1. The third-order valence-corrected chi connectivity index (χ3v) is 4.77. The smallest absolute Gasteiger partial charge is 0.326 e. The number of ether oxygens (including phenoxy) is 2. The summed E-state index contributed by atoms with van der Waals surface area (Å²) in [5.41, 5.74) is 7.30. The van der Waals surface area contributed by atoms with Crippen molar-refractivity contribution in [1.82, 2.24) is 0 Å². The van der Waals surface area contributed by atoms with Gasteiger partial charge in [-0.25, -0.2) is 0 Å². The van der Waals surface area contributed by atoms with Crippen molar-refractivity contribution in [2.75, 3.05) is 14.2 Å². The van der Waals surface area contributed by atoms with Gasteiger partial charge < -0.3 is 15.2 Å². The van der Waals surface area contributed by atoms with Crippen LogP contribution >= 0.6 is 22.6 Å². The van der Waals surface area contributed by atoms with Crippen LogP contribution in [0.4, 0.5) is 0 Å². The zero-order valence-electron chi connectivity index (χ0n) is 13.2. The lowest BCUT2D eigenvalue weighted by molar-refractivity contribution is -0.147. The molecule has 0 spiro atoms. The standard InChI is InChI=1S/C18H20INO3/c1-22-15-8-9-16(19)14(10-15)12-18(20,17(21)23-2)11-13-6-4-3-5-7-13/h3-10H,11-12,20H2,1-2H3/t18-/m0/s1. The number of carbonyl (C=O) groups is 1. The summed E-state index contributed by atoms with van der Waals surface area (Å²) in [5, 5.41) is 0. The Bertz CT molecular complexity index is 675. The summed E-state index contributed by atoms with van der Waals surface area (Å²) < 4.78 is 11.3. The number of benzene rings is 2. The molecule has 122 valence electrons. The molecule has 2 aromatic rings. The van der Waals surface area contributed by atoms with Crippen molar-refractivity contribution in [1.29, 1.82) is 0 Å². The van der Waals surface area contributed by atoms with Crippen LogP contribution in [0.2, 0.25) is 0 Å². The van der Waals surface area contributed by atoms with Gasteiger partial charge in [-0.05, 0) is 51.9 Å². The molecule has 0 aromatic heterocycles. The average molecular weight is 425 g/mol. The quantitative estimate of drug-likeness (QED) is 0.571. The van der Waals surface area contributed by atoms with Crippen LogP contribution in [0.15, 0.2) is 48.5 Å². The largest absolute Gasteiger partial charge is 0.497 e. The second-order valence-electron chi connectivity index (χ2n) is 5.44. The molecular formula is C18H20INO3. The number of hydrogen-bond acceptors (Lipinski definition) is 4. The van der Waals surface area contributed by atoms with Crippen LogP contribution in [0.5, 0.6) is 5.75 Å². The second-order valence-corrected chi connectivity index (χ2v) is 6.61. The molecule has 23 heavy (non-hydrogen) atoms. The van der Waals surface area contributed by atoms with Crippen molar-refractivity contribution >= 4 is 28.6 Å². The van der Waals surface area contributed by atoms with Crippen molar-refractivity contribution in [2.45, 2.75) is 18.4 Å². The van der Waals surface area contributed by atoms with E-state index in [2.05, 4.69) is 22.6 Å². The maximum atomic E-state index is 12.3. The van der Waals surface area contributed by atoms with E-state index in [1.165, 1.54) is 7.11 Å². The molecule has 0 radical (unpaired) electrons. The van der Waals surface area contributed by atoms with E-state index in [0.717, 1.165) is 20.4 Å². The molecule has 5 heteroatoms. The predicted octanol–water partition coefficient (Wildman–Crippen LogP) is 2.96. The number of rotatable bonds is 6. The highest BCUT2D eigenvalue weighted by molar-refractivity contribution is 14.1. The summed E-state index contributed by atoms with van der Waals surface area (Å²) in [7, 11) is 2.98. The fourth-order valence-electron chi connectivity index (χ4n) is 2.52. The minimum atomic E-state index is -1.12. The van der Waals surface area contributed by atoms with E-state index >= 15 is 0 Å². The topological polar surface area (TPSA) is 61.5 Å². The molecule has 0 saturated carbocycles. The third kappa shape index (κ3) is 4.45. The predicted molar refractivity (Wildman–Crippen MR) is 98.5 cm³/mol. The first kappa shape index (κ1) is 17.7. The Labute approximate surface area is 150 Å². The van der Waals surface area contributed by atoms with Gasteiger partial charge in [0.15, 0.2) is 0 Å². The Balaban J connectivity index is 2.34. The lowest BCUT2D eigenvalue weighted by atomic mass is 9.85. The van der Waals surface area contributed by atoms with Crippen LogP contribution in [0, 0.1) is 3.57 Å². The summed E-state index contributed by atoms with van der Waals surface area (Å²) in [4.78, 5) is 12.3. The Morgan fingerprint density at radius 2 is 1.83 bits per heavy atom. The molecule has 2 rings (SSSR count). The lowest BCUT2D eigenvalue weighted by Crippen LogP contribution is -2.52. The van der Waals surface area contributed by atoms with Gasteiger partial charge in [-0.3, -0.25) is 4.79 Å². The molecule has 0 aliphatic rings. The molecule has 2 N–H and O–H groups in total. The Kier molecular flexibility index (Phi) is 6.01. The summed E-state index contributed by atoms with van der Waals surface area (Å²) in [6.07, 6.45) is 0.790. The van der Waals surface area contributed by atoms with Gasteiger partial charge in [0, 0.05) is 16.4 Å². The fraction of sp³-hybridized carbons (Fsp3) is 0.278. The summed E-state index contributed by atoms with van der Waals surface area (Å²) >= 11 is 2.24. The van der Waals surface area contributed by atoms with Crippen LogP contribution in [0.1, 0.15) is 11.1 Å². The van der Waals surface area contributed by atoms with Crippen molar-refractivity contribution in [2.24, 2.45) is 5.73 Å². The van der Waals surface area contributed by atoms with E-state index in [1.807, 2.05) is 48.5 Å². The van der Waals surface area contributed by atoms with Crippen LogP contribution in [-0.2, 0) is 22.4 Å². The molecular weight excluding hydrogens is 405 g/mol. The molecule has 0 bridgehead atoms. The SMILES string of the molecule is COC(=O)[C@](N)(Cc1ccccc1)Cc1cc(OC)ccc1I. The van der Waals surface area contributed by atoms with Gasteiger partial charge >= 0.3 is 5.97 Å². The molecule has 0 amide bonds. The van der Waals surface area contributed by atoms with E-state index in [0.29, 0.717) is 12.8 Å². The first-order valence-electron chi connectivity index (χ1n) is 7.22. The molecule has 0 fully saturated rings. The molecule has 0 unspecified atom stereocenters. The van der Waals surface area contributed by atoms with Crippen LogP contribution in [0.3, 0.4) is 0 Å². The van der Waals surface area contributed by atoms with Crippen molar-refractivity contribution in [3.05, 3.63) is 63.2 Å². The van der Waals surface area contributed by atoms with Crippen molar-refractivity contribution < 1.29 is 14.3 Å². The minimum Gasteiger partial charge on any atom is -0.497 e. The average Bonchev–Trinajstić information content (AvgIpc) is 2.57. The second kappa shape index (κ2) is 7.79. The van der Waals surface area contributed by atoms with Crippen LogP contribution in [-0.4, -0.2) is 25.7 Å². The van der Waals surface area contributed by atoms with E-state index < -0.39 is 11.5 Å². The van der Waals surface area contributed by atoms with Crippen molar-refractivity contribution in [3.8, 4) is 5.75 Å². The van der Waals surface area contributed by atoms with Gasteiger partial charge in [-0.15, -0.1) is 0 Å². The molecule has 4 nitrogen and oxygen atoms in total. The molecule has 0 aliphatic heterocycles. The van der Waals surface area contributed by atoms with E-state index in [4.69, 9.17) is 15.2 Å². The van der Waals surface area contributed by atoms with Gasteiger partial charge in [0.2, 0.25) is 0 Å². The highest BCUT2D eigenvalue weighted by Gasteiger charge is 2.36. The summed E-state index contributed by atoms with van der Waals surface area (Å²) in [6, 6.07) is 15.5. The first-order chi connectivity index (χ1) is 11.0. The van der Waals surface area contributed by atoms with Crippen molar-refractivity contribution in [3.63, 3.8) is 0 Å². The van der Waals surface area contributed by atoms with E-state index in [1.54, 1.807) is 7.11 Å². The zero-order valence-corrected chi connectivity index (χ0v) is 15.4. The third-order valence-electron chi connectivity index (χ3n) is 3.71. The number of esters is 1. The number of halogens is 1. The number of carbonyl (C=O) groups excluding carboxylic acids is 1. The monoisotopic (exact) mass is 425 g/mol. The van der Waals surface area contributed by atoms with Crippen LogP contribution in [0.25, 0.3) is 0 Å². The van der Waals surface area contributed by atoms with E-state index in [-0.39, 0.29) is 0 Å². The van der Waals surface area contributed by atoms with Gasteiger partial charge in [0.1, 0.15) is 11.3 Å². The van der Waals surface area contributed by atoms with Gasteiger partial charge in [-0.2, -0.15) is 0 Å². The highest BCUT2D eigenvalue weighted by atomic mass is 127. The maximum absolute atomic E-state index is 12.3. The molecule has 0 aliphatic carbocycles. The van der Waals surface area contributed by atoms with Gasteiger partial charge in [0.05, 0.1) is 14.2 Å². The normalized spacial score (nSPS) is 13.2. The summed E-state index contributed by atoms with van der Waals surface area (Å²) in [5.74, 6) is 0.326. The first-order valence-corrected chi connectivity index (χ1v) is 8.30. The highest BCUT2D eigenvalue weighted by Crippen LogP contribution is 2.25. The van der Waals surface area contributed by atoms with E-state index in [9.17, 15) is 4.79 Å². The zero-order chi connectivity index (χ0) is 16.9. The molecule has 2 aromatic carbocycles. The molecule has 0 heterocycles. The fourth-order valence-corrected chi connectivity index (χ4v) is 3.05. The Morgan fingerprint density at radius 1 is 1.13 bits per heavy atom. The minimum absolute atomic E-state index is 0.379.